The Morgan fingerprint density at radius 1 is 1.03 bits per heavy atom. The van der Waals surface area contributed by atoms with Crippen molar-refractivity contribution in [2.45, 2.75) is 24.2 Å². The lowest BCUT2D eigenvalue weighted by Crippen LogP contribution is -2.27. The lowest BCUT2D eigenvalue weighted by atomic mass is 9.83. The monoisotopic (exact) mass is 538 g/mol. The lowest BCUT2D eigenvalue weighted by molar-refractivity contribution is -0.117. The van der Waals surface area contributed by atoms with Crippen molar-refractivity contribution < 1.29 is 22.7 Å². The Morgan fingerprint density at radius 3 is 2.35 bits per heavy atom. The van der Waals surface area contributed by atoms with Crippen LogP contribution in [-0.2, 0) is 25.0 Å². The third kappa shape index (κ3) is 4.99. The van der Waals surface area contributed by atoms with Gasteiger partial charge in [0.1, 0.15) is 0 Å². The van der Waals surface area contributed by atoms with Gasteiger partial charge < -0.3 is 9.64 Å². The van der Waals surface area contributed by atoms with Crippen LogP contribution >= 0.6 is 11.6 Å². The van der Waals surface area contributed by atoms with Crippen molar-refractivity contribution in [3.8, 4) is 0 Å². The number of hydrogen-bond donors (Lipinski definition) is 0. The van der Waals surface area contributed by atoms with Crippen molar-refractivity contribution in [1.82, 2.24) is 0 Å². The molecule has 7 nitrogen and oxygen atoms in total. The van der Waals surface area contributed by atoms with Crippen molar-refractivity contribution in [2.75, 3.05) is 29.9 Å². The first-order chi connectivity index (χ1) is 17.4. The maximum Gasteiger partial charge on any atom is 0.340 e. The number of ether oxygens (including phenoxy) is 1. The standard InChI is InChI=1S/C28H27ClN2O5S/c1-28(2)23-12-8-9-13-25(23)30(3)26(28)16-20(32)18-36-27(33)22-17-21(14-15-24(22)29)37(34,35)31(4)19-10-6-5-7-11-19/h5-17H,18H2,1-4H3. The maximum absolute atomic E-state index is 13.1. The van der Waals surface area contributed by atoms with Crippen molar-refractivity contribution >= 4 is 44.8 Å². The van der Waals surface area contributed by atoms with E-state index in [4.69, 9.17) is 16.3 Å². The van der Waals surface area contributed by atoms with Crippen molar-refractivity contribution in [1.29, 1.82) is 0 Å². The Labute approximate surface area is 222 Å². The summed E-state index contributed by atoms with van der Waals surface area (Å²) in [4.78, 5) is 27.4. The van der Waals surface area contributed by atoms with E-state index in [2.05, 4.69) is 0 Å². The van der Waals surface area contributed by atoms with E-state index in [9.17, 15) is 18.0 Å². The number of ketones is 1. The van der Waals surface area contributed by atoms with Crippen LogP contribution < -0.4 is 9.21 Å². The van der Waals surface area contributed by atoms with Crippen LogP contribution in [0.1, 0.15) is 29.8 Å². The maximum atomic E-state index is 13.1. The molecule has 0 fully saturated rings. The smallest absolute Gasteiger partial charge is 0.340 e. The first-order valence-electron chi connectivity index (χ1n) is 11.5. The number of anilines is 2. The number of nitrogens with zero attached hydrogens (tertiary/aromatic N) is 2. The molecule has 0 saturated heterocycles. The second-order valence-corrected chi connectivity index (χ2v) is 11.6. The number of carbonyl (C=O) groups is 2. The molecule has 1 aliphatic heterocycles. The number of hydrogen-bond acceptors (Lipinski definition) is 6. The summed E-state index contributed by atoms with van der Waals surface area (Å²) < 4.78 is 32.6. The van der Waals surface area contributed by atoms with E-state index in [1.807, 2.05) is 50.1 Å². The minimum absolute atomic E-state index is 0.0178. The number of benzene rings is 3. The van der Waals surface area contributed by atoms with E-state index in [1.165, 1.54) is 25.3 Å². The molecule has 3 aromatic carbocycles. The molecule has 4 rings (SSSR count). The van der Waals surface area contributed by atoms with Gasteiger partial charge in [-0.15, -0.1) is 0 Å². The molecule has 0 bridgehead atoms. The van der Waals surface area contributed by atoms with E-state index in [1.54, 1.807) is 30.3 Å². The Hall–Kier alpha value is -3.62. The Balaban J connectivity index is 1.51. The molecule has 0 spiro atoms. The molecule has 1 aliphatic rings. The van der Waals surface area contributed by atoms with Gasteiger partial charge in [-0.2, -0.15) is 0 Å². The van der Waals surface area contributed by atoms with E-state index in [-0.39, 0.29) is 15.5 Å². The number of fused-ring (bicyclic) bond motifs is 1. The lowest BCUT2D eigenvalue weighted by Gasteiger charge is -2.23. The topological polar surface area (TPSA) is 84.0 Å². The number of allylic oxidation sites excluding steroid dienone is 1. The predicted octanol–water partition coefficient (Wildman–Crippen LogP) is 5.20. The van der Waals surface area contributed by atoms with Crippen LogP contribution in [-0.4, -0.2) is 40.9 Å². The third-order valence-electron chi connectivity index (χ3n) is 6.52. The highest BCUT2D eigenvalue weighted by Crippen LogP contribution is 2.46. The van der Waals surface area contributed by atoms with Crippen LogP contribution in [0.2, 0.25) is 5.02 Å². The Kier molecular flexibility index (Phi) is 7.17. The molecule has 0 N–H and O–H groups in total. The Bertz CT molecular complexity index is 1500. The van der Waals surface area contributed by atoms with Gasteiger partial charge in [-0.3, -0.25) is 9.10 Å². The summed E-state index contributed by atoms with van der Waals surface area (Å²) in [6, 6.07) is 20.2. The molecule has 3 aromatic rings. The van der Waals surface area contributed by atoms with Crippen molar-refractivity contribution in [3.63, 3.8) is 0 Å². The van der Waals surface area contributed by atoms with Crippen LogP contribution in [0.3, 0.4) is 0 Å². The van der Waals surface area contributed by atoms with Crippen LogP contribution in [0.15, 0.2) is 89.5 Å². The summed E-state index contributed by atoms with van der Waals surface area (Å²) >= 11 is 6.19. The number of likely N-dealkylation sites (N-methyl/N-ethyl adjacent to an activating group) is 1. The largest absolute Gasteiger partial charge is 0.454 e. The molecule has 0 saturated carbocycles. The molecule has 0 amide bonds. The van der Waals surface area contributed by atoms with Crippen molar-refractivity contribution in [3.05, 3.63) is 101 Å². The molecule has 192 valence electrons. The zero-order valence-electron chi connectivity index (χ0n) is 20.9. The van der Waals surface area contributed by atoms with Gasteiger partial charge in [-0.05, 0) is 42.0 Å². The molecular weight excluding hydrogens is 512 g/mol. The van der Waals surface area contributed by atoms with Crippen molar-refractivity contribution in [2.24, 2.45) is 0 Å². The fraction of sp³-hybridized carbons (Fsp3) is 0.214. The molecule has 0 unspecified atom stereocenters. The number of halogens is 1. The normalized spacial score (nSPS) is 15.4. The highest BCUT2D eigenvalue weighted by Gasteiger charge is 2.38. The zero-order valence-corrected chi connectivity index (χ0v) is 22.5. The van der Waals surface area contributed by atoms with Gasteiger partial charge in [-0.1, -0.05) is 61.8 Å². The summed E-state index contributed by atoms with van der Waals surface area (Å²) in [5.74, 6) is -1.29. The summed E-state index contributed by atoms with van der Waals surface area (Å²) in [6.07, 6.45) is 1.48. The van der Waals surface area contributed by atoms with Gasteiger partial charge in [0, 0.05) is 37.0 Å². The van der Waals surface area contributed by atoms with Gasteiger partial charge in [0.2, 0.25) is 0 Å². The van der Waals surface area contributed by atoms with E-state index >= 15 is 0 Å². The molecular formula is C28H27ClN2O5S. The highest BCUT2D eigenvalue weighted by molar-refractivity contribution is 7.92. The first-order valence-corrected chi connectivity index (χ1v) is 13.4. The average Bonchev–Trinajstić information content (AvgIpc) is 3.08. The summed E-state index contributed by atoms with van der Waals surface area (Å²) in [5, 5.41) is 0.0178. The number of rotatable bonds is 7. The van der Waals surface area contributed by atoms with Gasteiger partial charge >= 0.3 is 5.97 Å². The van der Waals surface area contributed by atoms with Crippen LogP contribution in [0.25, 0.3) is 0 Å². The SMILES string of the molecule is CN1C(=CC(=O)COC(=O)c2cc(S(=O)(=O)N(C)c3ccccc3)ccc2Cl)C(C)(C)c2ccccc21. The molecule has 0 radical (unpaired) electrons. The predicted molar refractivity (Wildman–Crippen MR) is 145 cm³/mol. The molecule has 1 heterocycles. The second-order valence-electron chi connectivity index (χ2n) is 9.22. The zero-order chi connectivity index (χ0) is 27.0. The number of esters is 1. The number of para-hydroxylation sites is 2. The first kappa shape index (κ1) is 26.4. The van der Waals surface area contributed by atoms with Gasteiger partial charge in [0.25, 0.3) is 10.0 Å². The van der Waals surface area contributed by atoms with Crippen LogP contribution in [0.4, 0.5) is 11.4 Å². The molecule has 0 atom stereocenters. The minimum atomic E-state index is -3.97. The summed E-state index contributed by atoms with van der Waals surface area (Å²) in [5.41, 5.74) is 2.80. The fourth-order valence-electron chi connectivity index (χ4n) is 4.42. The van der Waals surface area contributed by atoms with Crippen LogP contribution in [0, 0.1) is 0 Å². The van der Waals surface area contributed by atoms with E-state index in [0.29, 0.717) is 5.69 Å². The number of sulfonamides is 1. The van der Waals surface area contributed by atoms with Gasteiger partial charge in [0.15, 0.2) is 12.4 Å². The molecule has 0 aromatic heterocycles. The summed E-state index contributed by atoms with van der Waals surface area (Å²) in [7, 11) is -0.666. The average molecular weight is 539 g/mol. The second kappa shape index (κ2) is 10.0. The fourth-order valence-corrected chi connectivity index (χ4v) is 5.84. The van der Waals surface area contributed by atoms with Gasteiger partial charge in [-0.25, -0.2) is 13.2 Å². The van der Waals surface area contributed by atoms with Crippen LogP contribution in [0.5, 0.6) is 0 Å². The quantitative estimate of drug-likeness (QED) is 0.303. The minimum Gasteiger partial charge on any atom is -0.454 e. The highest BCUT2D eigenvalue weighted by atomic mass is 35.5. The molecule has 9 heteroatoms. The van der Waals surface area contributed by atoms with E-state index < -0.39 is 33.8 Å². The number of carbonyl (C=O) groups excluding carboxylic acids is 2. The molecule has 0 aliphatic carbocycles. The summed E-state index contributed by atoms with van der Waals surface area (Å²) in [6.45, 7) is 3.54. The van der Waals surface area contributed by atoms with Gasteiger partial charge in [0.05, 0.1) is 21.2 Å². The van der Waals surface area contributed by atoms with E-state index in [0.717, 1.165) is 27.3 Å². The third-order valence-corrected chi connectivity index (χ3v) is 8.63. The Morgan fingerprint density at radius 2 is 1.68 bits per heavy atom. The molecule has 37 heavy (non-hydrogen) atoms.